The van der Waals surface area contributed by atoms with Gasteiger partial charge >= 0.3 is 0 Å². The Morgan fingerprint density at radius 3 is 2.65 bits per heavy atom. The fourth-order valence-electron chi connectivity index (χ4n) is 2.85. The lowest BCUT2D eigenvalue weighted by Gasteiger charge is -2.23. The Labute approximate surface area is 139 Å². The molecule has 0 bridgehead atoms. The van der Waals surface area contributed by atoms with Crippen LogP contribution in [0.3, 0.4) is 0 Å². The van der Waals surface area contributed by atoms with Crippen molar-refractivity contribution in [2.75, 3.05) is 18.4 Å². The van der Waals surface area contributed by atoms with Crippen LogP contribution in [0.15, 0.2) is 42.5 Å². The van der Waals surface area contributed by atoms with E-state index in [2.05, 4.69) is 10.6 Å². The van der Waals surface area contributed by atoms with Crippen LogP contribution in [-0.2, 0) is 0 Å². The van der Waals surface area contributed by atoms with E-state index in [-0.39, 0.29) is 10.6 Å². The van der Waals surface area contributed by atoms with E-state index in [1.54, 1.807) is 0 Å². The Bertz CT molecular complexity index is 697. The molecule has 3 rings (SSSR count). The standard InChI is InChI=1S/C18H18ClFN2O/c19-14-5-8-16(17(20)10-14)18(23)22-15-6-3-12(4-7-15)13-2-1-9-21-11-13/h3-8,10,13,21H,1-2,9,11H2,(H,22,23)/t13-/m0/s1. The van der Waals surface area contributed by atoms with Crippen LogP contribution in [0.2, 0.25) is 5.02 Å². The third kappa shape index (κ3) is 3.89. The van der Waals surface area contributed by atoms with E-state index in [9.17, 15) is 9.18 Å². The fourth-order valence-corrected chi connectivity index (χ4v) is 3.01. The first-order valence-electron chi connectivity index (χ1n) is 7.70. The molecule has 0 unspecified atom stereocenters. The molecule has 1 amide bonds. The maximum Gasteiger partial charge on any atom is 0.258 e. The van der Waals surface area contributed by atoms with E-state index in [0.29, 0.717) is 11.6 Å². The zero-order valence-electron chi connectivity index (χ0n) is 12.6. The summed E-state index contributed by atoms with van der Waals surface area (Å²) in [5, 5.41) is 6.37. The summed E-state index contributed by atoms with van der Waals surface area (Å²) in [4.78, 5) is 12.1. The molecule has 2 aromatic carbocycles. The van der Waals surface area contributed by atoms with E-state index in [1.807, 2.05) is 24.3 Å². The molecule has 2 N–H and O–H groups in total. The summed E-state index contributed by atoms with van der Waals surface area (Å²) in [5.74, 6) is -0.589. The maximum absolute atomic E-state index is 13.8. The molecule has 1 fully saturated rings. The molecular weight excluding hydrogens is 315 g/mol. The smallest absolute Gasteiger partial charge is 0.258 e. The van der Waals surface area contributed by atoms with Crippen LogP contribution in [0.4, 0.5) is 10.1 Å². The number of rotatable bonds is 3. The van der Waals surface area contributed by atoms with E-state index in [0.717, 1.165) is 19.2 Å². The minimum Gasteiger partial charge on any atom is -0.322 e. The van der Waals surface area contributed by atoms with Crippen LogP contribution < -0.4 is 10.6 Å². The number of hydrogen-bond donors (Lipinski definition) is 2. The van der Waals surface area contributed by atoms with Gasteiger partial charge in [-0.2, -0.15) is 0 Å². The molecule has 0 saturated carbocycles. The highest BCUT2D eigenvalue weighted by atomic mass is 35.5. The van der Waals surface area contributed by atoms with Gasteiger partial charge in [-0.1, -0.05) is 23.7 Å². The van der Waals surface area contributed by atoms with Gasteiger partial charge in [-0.05, 0) is 61.2 Å². The highest BCUT2D eigenvalue weighted by Gasteiger charge is 2.16. The number of nitrogens with one attached hydrogen (secondary N) is 2. The average Bonchev–Trinajstić information content (AvgIpc) is 2.56. The quantitative estimate of drug-likeness (QED) is 0.884. The average molecular weight is 333 g/mol. The van der Waals surface area contributed by atoms with Crippen LogP contribution in [0, 0.1) is 5.82 Å². The first-order valence-corrected chi connectivity index (χ1v) is 8.08. The lowest BCUT2D eigenvalue weighted by molar-refractivity contribution is 0.102. The van der Waals surface area contributed by atoms with Crippen LogP contribution in [0.25, 0.3) is 0 Å². The molecule has 0 aromatic heterocycles. The number of hydrogen-bond acceptors (Lipinski definition) is 2. The summed E-state index contributed by atoms with van der Waals surface area (Å²) < 4.78 is 13.8. The molecule has 23 heavy (non-hydrogen) atoms. The van der Waals surface area contributed by atoms with Gasteiger partial charge in [-0.3, -0.25) is 4.79 Å². The molecule has 0 aliphatic carbocycles. The molecule has 5 heteroatoms. The molecule has 1 aliphatic rings. The van der Waals surface area contributed by atoms with Crippen LogP contribution in [0.1, 0.15) is 34.7 Å². The van der Waals surface area contributed by atoms with Crippen molar-refractivity contribution in [3.05, 3.63) is 64.4 Å². The minimum absolute atomic E-state index is 0.0186. The first-order chi connectivity index (χ1) is 11.1. The van der Waals surface area contributed by atoms with E-state index < -0.39 is 11.7 Å². The molecule has 1 saturated heterocycles. The van der Waals surface area contributed by atoms with Gasteiger partial charge in [0.1, 0.15) is 5.82 Å². The number of amides is 1. The third-order valence-electron chi connectivity index (χ3n) is 4.11. The molecule has 1 heterocycles. The normalized spacial score (nSPS) is 17.7. The topological polar surface area (TPSA) is 41.1 Å². The minimum atomic E-state index is -0.625. The lowest BCUT2D eigenvalue weighted by atomic mass is 9.91. The molecular formula is C18H18ClFN2O. The van der Waals surface area contributed by atoms with Crippen molar-refractivity contribution in [1.29, 1.82) is 0 Å². The first kappa shape index (κ1) is 16.0. The highest BCUT2D eigenvalue weighted by Crippen LogP contribution is 2.24. The SMILES string of the molecule is O=C(Nc1ccc([C@H]2CCCNC2)cc1)c1ccc(Cl)cc1F. The van der Waals surface area contributed by atoms with E-state index in [4.69, 9.17) is 11.6 Å². The van der Waals surface area contributed by atoms with Crippen molar-refractivity contribution < 1.29 is 9.18 Å². The van der Waals surface area contributed by atoms with Crippen LogP contribution in [0.5, 0.6) is 0 Å². The Morgan fingerprint density at radius 2 is 2.00 bits per heavy atom. The molecule has 3 nitrogen and oxygen atoms in total. The third-order valence-corrected chi connectivity index (χ3v) is 4.35. The Morgan fingerprint density at radius 1 is 1.22 bits per heavy atom. The van der Waals surface area contributed by atoms with Crippen molar-refractivity contribution in [3.8, 4) is 0 Å². The number of benzene rings is 2. The number of halogens is 2. The lowest BCUT2D eigenvalue weighted by Crippen LogP contribution is -2.28. The van der Waals surface area contributed by atoms with Crippen molar-refractivity contribution >= 4 is 23.2 Å². The summed E-state index contributed by atoms with van der Waals surface area (Å²) in [6.45, 7) is 2.07. The molecule has 1 aliphatic heterocycles. The zero-order valence-corrected chi connectivity index (χ0v) is 13.4. The van der Waals surface area contributed by atoms with Crippen molar-refractivity contribution in [1.82, 2.24) is 5.32 Å². The summed E-state index contributed by atoms with van der Waals surface area (Å²) in [6.07, 6.45) is 2.35. The number of piperidine rings is 1. The van der Waals surface area contributed by atoms with Crippen molar-refractivity contribution in [2.45, 2.75) is 18.8 Å². The maximum atomic E-state index is 13.8. The predicted octanol–water partition coefficient (Wildman–Crippen LogP) is 4.20. The van der Waals surface area contributed by atoms with Gasteiger partial charge < -0.3 is 10.6 Å². The van der Waals surface area contributed by atoms with Gasteiger partial charge in [-0.15, -0.1) is 0 Å². The van der Waals surface area contributed by atoms with Gasteiger partial charge in [-0.25, -0.2) is 4.39 Å². The van der Waals surface area contributed by atoms with Crippen molar-refractivity contribution in [3.63, 3.8) is 0 Å². The summed E-state index contributed by atoms with van der Waals surface area (Å²) in [7, 11) is 0. The molecule has 120 valence electrons. The van der Waals surface area contributed by atoms with Gasteiger partial charge in [0.2, 0.25) is 0 Å². The monoisotopic (exact) mass is 332 g/mol. The number of carbonyl (C=O) groups excluding carboxylic acids is 1. The highest BCUT2D eigenvalue weighted by molar-refractivity contribution is 6.30. The van der Waals surface area contributed by atoms with E-state index in [1.165, 1.54) is 30.5 Å². The summed E-state index contributed by atoms with van der Waals surface area (Å²) in [5.41, 5.74) is 1.89. The fraction of sp³-hybridized carbons (Fsp3) is 0.278. The Balaban J connectivity index is 1.69. The second kappa shape index (κ2) is 7.11. The van der Waals surface area contributed by atoms with Gasteiger partial charge in [0.25, 0.3) is 5.91 Å². The second-order valence-corrected chi connectivity index (χ2v) is 6.18. The largest absolute Gasteiger partial charge is 0.322 e. The Kier molecular flexibility index (Phi) is 4.94. The Hall–Kier alpha value is -1.91. The zero-order chi connectivity index (χ0) is 16.2. The van der Waals surface area contributed by atoms with Gasteiger partial charge in [0.15, 0.2) is 0 Å². The molecule has 0 spiro atoms. The van der Waals surface area contributed by atoms with E-state index >= 15 is 0 Å². The molecule has 0 radical (unpaired) electrons. The van der Waals surface area contributed by atoms with Gasteiger partial charge in [0, 0.05) is 17.3 Å². The van der Waals surface area contributed by atoms with Crippen LogP contribution in [-0.4, -0.2) is 19.0 Å². The molecule has 2 aromatic rings. The predicted molar refractivity (Wildman–Crippen MR) is 90.6 cm³/mol. The van der Waals surface area contributed by atoms with Crippen molar-refractivity contribution in [2.24, 2.45) is 0 Å². The number of carbonyl (C=O) groups is 1. The van der Waals surface area contributed by atoms with Gasteiger partial charge in [0.05, 0.1) is 5.56 Å². The van der Waals surface area contributed by atoms with Crippen LogP contribution >= 0.6 is 11.6 Å². The second-order valence-electron chi connectivity index (χ2n) is 5.74. The summed E-state index contributed by atoms with van der Waals surface area (Å²) in [6, 6.07) is 11.8. The molecule has 1 atom stereocenters. The number of anilines is 1. The summed E-state index contributed by atoms with van der Waals surface area (Å²) >= 11 is 5.70.